The molecule has 1 saturated carbocycles. The van der Waals surface area contributed by atoms with Gasteiger partial charge in [0.25, 0.3) is 0 Å². The van der Waals surface area contributed by atoms with Crippen LogP contribution in [0.1, 0.15) is 24.8 Å². The van der Waals surface area contributed by atoms with Gasteiger partial charge in [0.15, 0.2) is 5.96 Å². The maximum Gasteiger partial charge on any atom is 0.193 e. The van der Waals surface area contributed by atoms with Crippen LogP contribution in [-0.4, -0.2) is 64.5 Å². The van der Waals surface area contributed by atoms with Gasteiger partial charge in [-0.3, -0.25) is 4.99 Å². The Hall–Kier alpha value is -1.30. The van der Waals surface area contributed by atoms with E-state index in [1.807, 2.05) is 19.2 Å². The summed E-state index contributed by atoms with van der Waals surface area (Å²) in [6, 6.07) is 8.27. The van der Waals surface area contributed by atoms with Gasteiger partial charge in [-0.05, 0) is 37.0 Å². The first-order valence-electron chi connectivity index (χ1n) is 9.45. The zero-order chi connectivity index (χ0) is 18.4. The topological polar surface area (TPSA) is 46.1 Å². The summed E-state index contributed by atoms with van der Waals surface area (Å²) >= 11 is 6.18. The monoisotopic (exact) mass is 379 g/mol. The lowest BCUT2D eigenvalue weighted by atomic mass is 9.96. The fourth-order valence-electron chi connectivity index (χ4n) is 3.67. The fourth-order valence-corrected chi connectivity index (χ4v) is 3.86. The summed E-state index contributed by atoms with van der Waals surface area (Å²) < 4.78 is 10.7. The van der Waals surface area contributed by atoms with E-state index >= 15 is 0 Å². The third kappa shape index (κ3) is 4.90. The Bertz CT molecular complexity index is 619. The van der Waals surface area contributed by atoms with Gasteiger partial charge in [0.2, 0.25) is 0 Å². The van der Waals surface area contributed by atoms with Crippen molar-refractivity contribution in [3.63, 3.8) is 0 Å². The molecule has 0 amide bonds. The molecule has 1 aromatic rings. The molecule has 1 saturated heterocycles. The van der Waals surface area contributed by atoms with E-state index in [2.05, 4.69) is 27.3 Å². The minimum absolute atomic E-state index is 0.212. The third-order valence-electron chi connectivity index (χ3n) is 5.46. The summed E-state index contributed by atoms with van der Waals surface area (Å²) in [5.74, 6) is 1.56. The van der Waals surface area contributed by atoms with E-state index in [1.54, 1.807) is 7.11 Å². The van der Waals surface area contributed by atoms with Crippen molar-refractivity contribution >= 4 is 17.6 Å². The van der Waals surface area contributed by atoms with Gasteiger partial charge in [0, 0.05) is 50.1 Å². The predicted octanol–water partition coefficient (Wildman–Crippen LogP) is 2.93. The zero-order valence-electron chi connectivity index (χ0n) is 15.8. The third-order valence-corrected chi connectivity index (χ3v) is 5.69. The summed E-state index contributed by atoms with van der Waals surface area (Å²) in [7, 11) is 3.57. The van der Waals surface area contributed by atoms with Crippen LogP contribution in [0.5, 0.6) is 0 Å². The van der Waals surface area contributed by atoms with Crippen LogP contribution in [0.25, 0.3) is 0 Å². The van der Waals surface area contributed by atoms with Crippen LogP contribution in [0.15, 0.2) is 29.3 Å². The van der Waals surface area contributed by atoms with Crippen molar-refractivity contribution < 1.29 is 9.47 Å². The van der Waals surface area contributed by atoms with Gasteiger partial charge in [0.1, 0.15) is 0 Å². The highest BCUT2D eigenvalue weighted by Crippen LogP contribution is 2.48. The Kier molecular flexibility index (Phi) is 6.79. The molecular weight excluding hydrogens is 350 g/mol. The highest BCUT2D eigenvalue weighted by molar-refractivity contribution is 6.30. The summed E-state index contributed by atoms with van der Waals surface area (Å²) in [6.45, 7) is 5.06. The Labute approximate surface area is 161 Å². The molecule has 2 fully saturated rings. The number of ether oxygens (including phenoxy) is 2. The lowest BCUT2D eigenvalue weighted by molar-refractivity contribution is 0.0536. The highest BCUT2D eigenvalue weighted by Gasteiger charge is 2.44. The molecule has 144 valence electrons. The van der Waals surface area contributed by atoms with Crippen molar-refractivity contribution in [3.05, 3.63) is 34.9 Å². The number of nitrogens with one attached hydrogen (secondary N) is 1. The summed E-state index contributed by atoms with van der Waals surface area (Å²) in [5.41, 5.74) is 1.54. The molecule has 26 heavy (non-hydrogen) atoms. The van der Waals surface area contributed by atoms with E-state index < -0.39 is 0 Å². The molecule has 0 radical (unpaired) electrons. The SMILES string of the molecule is CN=C(NCC1(c2cccc(Cl)c2)CC1)N1CCC(COCCOC)C1. The van der Waals surface area contributed by atoms with Crippen molar-refractivity contribution in [1.29, 1.82) is 0 Å². The van der Waals surface area contributed by atoms with Crippen LogP contribution < -0.4 is 5.32 Å². The molecular formula is C20H30ClN3O2. The first-order valence-corrected chi connectivity index (χ1v) is 9.83. The molecule has 1 aliphatic carbocycles. The van der Waals surface area contributed by atoms with Crippen LogP contribution in [0.2, 0.25) is 5.02 Å². The lowest BCUT2D eigenvalue weighted by Gasteiger charge is -2.25. The number of nitrogens with zero attached hydrogens (tertiary/aromatic N) is 2. The van der Waals surface area contributed by atoms with Crippen molar-refractivity contribution in [2.24, 2.45) is 10.9 Å². The number of benzene rings is 1. The lowest BCUT2D eigenvalue weighted by Crippen LogP contribution is -2.43. The second-order valence-electron chi connectivity index (χ2n) is 7.36. The quantitative estimate of drug-likeness (QED) is 0.428. The normalized spacial score (nSPS) is 21.9. The van der Waals surface area contributed by atoms with Gasteiger partial charge in [-0.25, -0.2) is 0 Å². The Morgan fingerprint density at radius 3 is 2.92 bits per heavy atom. The van der Waals surface area contributed by atoms with Gasteiger partial charge in [-0.1, -0.05) is 23.7 Å². The van der Waals surface area contributed by atoms with Crippen LogP contribution in [0.4, 0.5) is 0 Å². The number of hydrogen-bond acceptors (Lipinski definition) is 3. The van der Waals surface area contributed by atoms with E-state index in [4.69, 9.17) is 21.1 Å². The van der Waals surface area contributed by atoms with Crippen LogP contribution in [-0.2, 0) is 14.9 Å². The van der Waals surface area contributed by atoms with Crippen LogP contribution in [0.3, 0.4) is 0 Å². The van der Waals surface area contributed by atoms with Gasteiger partial charge in [0.05, 0.1) is 19.8 Å². The Balaban J connectivity index is 1.48. The average Bonchev–Trinajstić information content (AvgIpc) is 3.30. The van der Waals surface area contributed by atoms with Crippen LogP contribution in [0, 0.1) is 5.92 Å². The number of methoxy groups -OCH3 is 1. The predicted molar refractivity (Wildman–Crippen MR) is 106 cm³/mol. The largest absolute Gasteiger partial charge is 0.382 e. The first-order chi connectivity index (χ1) is 12.7. The second kappa shape index (κ2) is 9.07. The van der Waals surface area contributed by atoms with Gasteiger partial charge in [-0.2, -0.15) is 0 Å². The number of rotatable bonds is 8. The van der Waals surface area contributed by atoms with Crippen LogP contribution >= 0.6 is 11.6 Å². The average molecular weight is 380 g/mol. The molecule has 1 N–H and O–H groups in total. The minimum atomic E-state index is 0.212. The number of guanidine groups is 1. The van der Waals surface area contributed by atoms with E-state index in [-0.39, 0.29) is 5.41 Å². The molecule has 1 aromatic carbocycles. The molecule has 2 aliphatic rings. The zero-order valence-corrected chi connectivity index (χ0v) is 16.6. The molecule has 0 spiro atoms. The highest BCUT2D eigenvalue weighted by atomic mass is 35.5. The Morgan fingerprint density at radius 2 is 2.23 bits per heavy atom. The number of halogens is 1. The molecule has 0 bridgehead atoms. The van der Waals surface area contributed by atoms with E-state index in [9.17, 15) is 0 Å². The molecule has 0 aromatic heterocycles. The Morgan fingerprint density at radius 1 is 1.38 bits per heavy atom. The van der Waals surface area contributed by atoms with Crippen molar-refractivity contribution in [3.8, 4) is 0 Å². The van der Waals surface area contributed by atoms with Crippen molar-refractivity contribution in [1.82, 2.24) is 10.2 Å². The molecule has 5 nitrogen and oxygen atoms in total. The summed E-state index contributed by atoms with van der Waals surface area (Å²) in [5, 5.41) is 4.41. The molecule has 1 aliphatic heterocycles. The molecule has 1 unspecified atom stereocenters. The van der Waals surface area contributed by atoms with E-state index in [0.29, 0.717) is 19.1 Å². The van der Waals surface area contributed by atoms with E-state index in [0.717, 1.165) is 43.6 Å². The summed E-state index contributed by atoms with van der Waals surface area (Å²) in [6.07, 6.45) is 3.55. The minimum Gasteiger partial charge on any atom is -0.382 e. The molecule has 6 heteroatoms. The van der Waals surface area contributed by atoms with Crippen molar-refractivity contribution in [2.45, 2.75) is 24.7 Å². The number of aliphatic imine (C=N–C) groups is 1. The van der Waals surface area contributed by atoms with Gasteiger partial charge in [-0.15, -0.1) is 0 Å². The molecule has 3 rings (SSSR count). The number of likely N-dealkylation sites (tertiary alicyclic amines) is 1. The smallest absolute Gasteiger partial charge is 0.193 e. The van der Waals surface area contributed by atoms with Crippen molar-refractivity contribution in [2.75, 3.05) is 53.6 Å². The maximum atomic E-state index is 6.18. The first kappa shape index (κ1) is 19.5. The second-order valence-corrected chi connectivity index (χ2v) is 7.80. The maximum absolute atomic E-state index is 6.18. The van der Waals surface area contributed by atoms with Gasteiger partial charge < -0.3 is 19.7 Å². The molecule has 1 heterocycles. The number of hydrogen-bond donors (Lipinski definition) is 1. The fraction of sp³-hybridized carbons (Fsp3) is 0.650. The summed E-state index contributed by atoms with van der Waals surface area (Å²) in [4.78, 5) is 6.85. The van der Waals surface area contributed by atoms with E-state index in [1.165, 1.54) is 18.4 Å². The molecule has 1 atom stereocenters. The van der Waals surface area contributed by atoms with Gasteiger partial charge >= 0.3 is 0 Å². The standard InChI is InChI=1S/C20H30ClN3O2/c1-22-19(24-9-6-16(13-24)14-26-11-10-25-2)23-15-20(7-8-20)17-4-3-5-18(21)12-17/h3-5,12,16H,6-11,13-15H2,1-2H3,(H,22,23).